The summed E-state index contributed by atoms with van der Waals surface area (Å²) in [6.07, 6.45) is 2.41. The maximum Gasteiger partial charge on any atom is 0.208 e. The van der Waals surface area contributed by atoms with Crippen LogP contribution in [0.1, 0.15) is 12.8 Å². The Hall–Kier alpha value is -0.930. The Balaban J connectivity index is 2.35. The first-order chi connectivity index (χ1) is 4.29. The summed E-state index contributed by atoms with van der Waals surface area (Å²) in [6, 6.07) is 0. The lowest BCUT2D eigenvalue weighted by Crippen LogP contribution is -2.27. The van der Waals surface area contributed by atoms with Gasteiger partial charge in [-0.1, -0.05) is 0 Å². The van der Waals surface area contributed by atoms with E-state index >= 15 is 0 Å². The minimum atomic E-state index is 0.164. The molecule has 4 nitrogen and oxygen atoms in total. The minimum Gasteiger partial charge on any atom is -0.369 e. The highest BCUT2D eigenvalue weighted by Gasteiger charge is 2.07. The van der Waals surface area contributed by atoms with E-state index < -0.39 is 0 Å². The van der Waals surface area contributed by atoms with Gasteiger partial charge in [-0.2, -0.15) is 0 Å². The Bertz CT molecular complexity index is 110. The average molecular weight is 128 g/mol. The Morgan fingerprint density at radius 2 is 1.78 bits per heavy atom. The van der Waals surface area contributed by atoms with Gasteiger partial charge >= 0.3 is 0 Å². The summed E-state index contributed by atoms with van der Waals surface area (Å²) in [5.41, 5.74) is 10.3. The zero-order chi connectivity index (χ0) is 6.69. The molecule has 1 rings (SSSR count). The second-order valence-corrected chi connectivity index (χ2v) is 2.19. The van der Waals surface area contributed by atoms with E-state index in [4.69, 9.17) is 11.5 Å². The fourth-order valence-corrected chi connectivity index (χ4v) is 0.964. The largest absolute Gasteiger partial charge is 0.369 e. The second kappa shape index (κ2) is 2.57. The van der Waals surface area contributed by atoms with Gasteiger partial charge in [0.05, 0.1) is 0 Å². The van der Waals surface area contributed by atoms with Crippen LogP contribution in [0, 0.1) is 0 Å². The quantitative estimate of drug-likeness (QED) is 0.361. The normalized spacial score (nSPS) is 18.0. The number of nitrogens with two attached hydrogens (primary N) is 2. The molecule has 0 radical (unpaired) electrons. The number of guanidine groups is 1. The first-order valence-corrected chi connectivity index (χ1v) is 3.13. The number of rotatable bonds is 1. The number of nitrogens with zero attached hydrogens (tertiary/aromatic N) is 2. The molecule has 9 heavy (non-hydrogen) atoms. The molecule has 0 bridgehead atoms. The van der Waals surface area contributed by atoms with Crippen molar-refractivity contribution in [2.24, 2.45) is 16.6 Å². The van der Waals surface area contributed by atoms with Crippen molar-refractivity contribution in [1.29, 1.82) is 0 Å². The summed E-state index contributed by atoms with van der Waals surface area (Å²) in [6.45, 7) is 2.00. The van der Waals surface area contributed by atoms with E-state index in [2.05, 4.69) is 5.10 Å². The van der Waals surface area contributed by atoms with Gasteiger partial charge < -0.3 is 11.5 Å². The Kier molecular flexibility index (Phi) is 1.77. The lowest BCUT2D eigenvalue weighted by Gasteiger charge is -2.08. The molecule has 0 aromatic carbocycles. The van der Waals surface area contributed by atoms with Crippen LogP contribution in [0.15, 0.2) is 5.10 Å². The summed E-state index contributed by atoms with van der Waals surface area (Å²) < 4.78 is 0. The lowest BCUT2D eigenvalue weighted by molar-refractivity contribution is 0.359. The zero-order valence-corrected chi connectivity index (χ0v) is 5.38. The summed E-state index contributed by atoms with van der Waals surface area (Å²) in [7, 11) is 0. The van der Waals surface area contributed by atoms with Gasteiger partial charge in [-0.3, -0.25) is 5.01 Å². The third-order valence-electron chi connectivity index (χ3n) is 1.34. The molecule has 0 spiro atoms. The van der Waals surface area contributed by atoms with Crippen LogP contribution in [-0.4, -0.2) is 24.1 Å². The van der Waals surface area contributed by atoms with Gasteiger partial charge in [0.2, 0.25) is 5.96 Å². The predicted molar refractivity (Wildman–Crippen MR) is 36.6 cm³/mol. The first kappa shape index (κ1) is 6.19. The SMILES string of the molecule is NC(N)=NN1CCCC1. The molecule has 1 fully saturated rings. The molecule has 0 amide bonds. The fraction of sp³-hybridized carbons (Fsp3) is 0.800. The standard InChI is InChI=1S/C5H12N4/c6-5(7)8-9-3-1-2-4-9/h1-4H2,(H4,6,7,8). The average Bonchev–Trinajstić information content (AvgIpc) is 2.15. The molecule has 4 heteroatoms. The van der Waals surface area contributed by atoms with Crippen LogP contribution in [0.5, 0.6) is 0 Å². The monoisotopic (exact) mass is 128 g/mol. The highest BCUT2D eigenvalue weighted by molar-refractivity contribution is 5.75. The van der Waals surface area contributed by atoms with Gasteiger partial charge in [0.1, 0.15) is 0 Å². The minimum absolute atomic E-state index is 0.164. The number of hydrogen-bond acceptors (Lipinski definition) is 2. The highest BCUT2D eigenvalue weighted by atomic mass is 15.5. The maximum atomic E-state index is 5.16. The highest BCUT2D eigenvalue weighted by Crippen LogP contribution is 2.06. The molecule has 52 valence electrons. The van der Waals surface area contributed by atoms with Crippen molar-refractivity contribution in [3.05, 3.63) is 0 Å². The zero-order valence-electron chi connectivity index (χ0n) is 5.38. The molecule has 1 aliphatic heterocycles. The fourth-order valence-electron chi connectivity index (χ4n) is 0.964. The van der Waals surface area contributed by atoms with Crippen LogP contribution in [0.4, 0.5) is 0 Å². The molecular weight excluding hydrogens is 116 g/mol. The van der Waals surface area contributed by atoms with Gasteiger partial charge in [-0.25, -0.2) is 0 Å². The third-order valence-corrected chi connectivity index (χ3v) is 1.34. The van der Waals surface area contributed by atoms with Crippen molar-refractivity contribution in [3.8, 4) is 0 Å². The molecule has 0 atom stereocenters. The lowest BCUT2D eigenvalue weighted by atomic mass is 10.4. The Morgan fingerprint density at radius 1 is 1.22 bits per heavy atom. The molecule has 0 aromatic rings. The van der Waals surface area contributed by atoms with Crippen molar-refractivity contribution in [2.45, 2.75) is 12.8 Å². The van der Waals surface area contributed by atoms with Crippen molar-refractivity contribution >= 4 is 5.96 Å². The predicted octanol–water partition coefficient (Wildman–Crippen LogP) is -0.729. The summed E-state index contributed by atoms with van der Waals surface area (Å²) in [4.78, 5) is 0. The molecule has 4 N–H and O–H groups in total. The van der Waals surface area contributed by atoms with E-state index in [9.17, 15) is 0 Å². The molecule has 1 heterocycles. The molecule has 0 unspecified atom stereocenters. The van der Waals surface area contributed by atoms with Crippen LogP contribution in [0.25, 0.3) is 0 Å². The van der Waals surface area contributed by atoms with Crippen LogP contribution in [0.2, 0.25) is 0 Å². The molecule has 1 aliphatic rings. The first-order valence-electron chi connectivity index (χ1n) is 3.13. The van der Waals surface area contributed by atoms with Gasteiger partial charge in [-0.15, -0.1) is 5.10 Å². The van der Waals surface area contributed by atoms with Crippen molar-refractivity contribution < 1.29 is 0 Å². The van der Waals surface area contributed by atoms with E-state index in [0.29, 0.717) is 0 Å². The second-order valence-electron chi connectivity index (χ2n) is 2.19. The Morgan fingerprint density at radius 3 is 2.22 bits per heavy atom. The van der Waals surface area contributed by atoms with Crippen LogP contribution in [0.3, 0.4) is 0 Å². The van der Waals surface area contributed by atoms with Crippen molar-refractivity contribution in [2.75, 3.05) is 13.1 Å². The molecule has 0 aliphatic carbocycles. The topological polar surface area (TPSA) is 67.6 Å². The van der Waals surface area contributed by atoms with Gasteiger partial charge in [0, 0.05) is 13.1 Å². The van der Waals surface area contributed by atoms with Crippen molar-refractivity contribution in [1.82, 2.24) is 5.01 Å². The molecule has 0 aromatic heterocycles. The van der Waals surface area contributed by atoms with E-state index in [1.165, 1.54) is 12.8 Å². The summed E-state index contributed by atoms with van der Waals surface area (Å²) >= 11 is 0. The summed E-state index contributed by atoms with van der Waals surface area (Å²) in [5, 5.41) is 5.78. The van der Waals surface area contributed by atoms with Crippen molar-refractivity contribution in [3.63, 3.8) is 0 Å². The van der Waals surface area contributed by atoms with Crippen LogP contribution >= 0.6 is 0 Å². The Labute approximate surface area is 54.5 Å². The smallest absolute Gasteiger partial charge is 0.208 e. The molecule has 0 saturated carbocycles. The summed E-state index contributed by atoms with van der Waals surface area (Å²) in [5.74, 6) is 0.164. The maximum absolute atomic E-state index is 5.16. The van der Waals surface area contributed by atoms with E-state index in [1.807, 2.05) is 5.01 Å². The third kappa shape index (κ3) is 1.79. The van der Waals surface area contributed by atoms with Gasteiger partial charge in [0.15, 0.2) is 0 Å². The van der Waals surface area contributed by atoms with E-state index in [1.54, 1.807) is 0 Å². The van der Waals surface area contributed by atoms with E-state index in [0.717, 1.165) is 13.1 Å². The van der Waals surface area contributed by atoms with E-state index in [-0.39, 0.29) is 5.96 Å². The molecule has 1 saturated heterocycles. The molecular formula is C5H12N4. The van der Waals surface area contributed by atoms with Gasteiger partial charge in [0.25, 0.3) is 0 Å². The van der Waals surface area contributed by atoms with Gasteiger partial charge in [-0.05, 0) is 12.8 Å². The number of hydrogen-bond donors (Lipinski definition) is 2. The van der Waals surface area contributed by atoms with Crippen LogP contribution in [-0.2, 0) is 0 Å². The number of hydrazone groups is 1. The van der Waals surface area contributed by atoms with Crippen LogP contribution < -0.4 is 11.5 Å².